The van der Waals surface area contributed by atoms with Crippen molar-refractivity contribution in [1.29, 1.82) is 0 Å². The Morgan fingerprint density at radius 2 is 1.72 bits per heavy atom. The molecule has 0 bridgehead atoms. The average Bonchev–Trinajstić information content (AvgIpc) is 2.44. The van der Waals surface area contributed by atoms with Crippen molar-refractivity contribution in [3.8, 4) is 11.5 Å². The Hall–Kier alpha value is -1.85. The molecule has 1 aromatic carbocycles. The van der Waals surface area contributed by atoms with Crippen LogP contribution in [0.5, 0.6) is 11.5 Å². The third kappa shape index (κ3) is 6.51. The molecule has 0 N–H and O–H groups in total. The molecule has 0 aliphatic heterocycles. The summed E-state index contributed by atoms with van der Waals surface area (Å²) in [5.74, 6) is 1.67. The molecule has 0 aliphatic carbocycles. The molecule has 0 saturated heterocycles. The van der Waals surface area contributed by atoms with Crippen LogP contribution < -0.4 is 9.16 Å². The summed E-state index contributed by atoms with van der Waals surface area (Å²) in [5.41, 5.74) is -4.84. The minimum absolute atomic E-state index is 0.805. The fourth-order valence-corrected chi connectivity index (χ4v) is 2.45. The van der Waals surface area contributed by atoms with E-state index in [0.29, 0.717) is 0 Å². The SMILES string of the molecule is COc1ccc2[o+]ccc(O[Si](C)(C)C)c2c1.O=S(=O)([O-])C(F)(F)F. The first-order valence-electron chi connectivity index (χ1n) is 6.84. The van der Waals surface area contributed by atoms with E-state index in [4.69, 9.17) is 26.6 Å². The minimum Gasteiger partial charge on any atom is -0.741 e. The number of hydrogen-bond donors (Lipinski definition) is 0. The van der Waals surface area contributed by atoms with Crippen molar-refractivity contribution in [2.24, 2.45) is 0 Å². The van der Waals surface area contributed by atoms with E-state index < -0.39 is 23.9 Å². The van der Waals surface area contributed by atoms with Crippen LogP contribution in [0.3, 0.4) is 0 Å². The summed E-state index contributed by atoms with van der Waals surface area (Å²) in [6.07, 6.45) is 1.66. The highest BCUT2D eigenvalue weighted by atomic mass is 32.2. The summed E-state index contributed by atoms with van der Waals surface area (Å²) in [4.78, 5) is 0. The lowest BCUT2D eigenvalue weighted by molar-refractivity contribution is -0.0517. The van der Waals surface area contributed by atoms with Gasteiger partial charge in [0, 0.05) is 12.1 Å². The highest BCUT2D eigenvalue weighted by Gasteiger charge is 2.36. The van der Waals surface area contributed by atoms with Gasteiger partial charge in [0.2, 0.25) is 8.32 Å². The molecule has 0 amide bonds. The predicted molar refractivity (Wildman–Crippen MR) is 86.9 cm³/mol. The van der Waals surface area contributed by atoms with Crippen molar-refractivity contribution < 1.29 is 39.7 Å². The molecule has 2 rings (SSSR count). The maximum atomic E-state index is 10.7. The fraction of sp³-hybridized carbons (Fsp3) is 0.357. The van der Waals surface area contributed by atoms with E-state index in [1.807, 2.05) is 24.3 Å². The highest BCUT2D eigenvalue weighted by Crippen LogP contribution is 2.30. The number of alkyl halides is 3. The van der Waals surface area contributed by atoms with Crippen molar-refractivity contribution in [1.82, 2.24) is 0 Å². The zero-order valence-corrected chi connectivity index (χ0v) is 15.7. The molecule has 1 heterocycles. The molecule has 0 saturated carbocycles. The second-order valence-electron chi connectivity index (χ2n) is 5.76. The number of ether oxygens (including phenoxy) is 1. The van der Waals surface area contributed by atoms with Crippen molar-refractivity contribution in [2.45, 2.75) is 25.1 Å². The van der Waals surface area contributed by atoms with Gasteiger partial charge in [0.1, 0.15) is 16.9 Å². The lowest BCUT2D eigenvalue weighted by atomic mass is 10.2. The van der Waals surface area contributed by atoms with Crippen LogP contribution in [-0.4, -0.2) is 33.9 Å². The van der Waals surface area contributed by atoms with Gasteiger partial charge in [-0.3, -0.25) is 0 Å². The number of fused-ring (bicyclic) bond motifs is 1. The molecule has 0 atom stereocenters. The van der Waals surface area contributed by atoms with Gasteiger partial charge in [0.05, 0.1) is 13.2 Å². The number of hydrogen-bond acceptors (Lipinski definition) is 5. The second-order valence-corrected chi connectivity index (χ2v) is 11.6. The Bertz CT molecular complexity index is 831. The molecule has 1 aromatic heterocycles. The molecular weight excluding hydrogens is 381 g/mol. The van der Waals surface area contributed by atoms with Gasteiger partial charge in [0.15, 0.2) is 10.1 Å². The topological polar surface area (TPSA) is 87.0 Å². The second kappa shape index (κ2) is 7.58. The average molecular weight is 398 g/mol. The Balaban J connectivity index is 0.000000333. The summed E-state index contributed by atoms with van der Waals surface area (Å²) in [6.45, 7) is 6.47. The van der Waals surface area contributed by atoms with E-state index >= 15 is 0 Å². The molecule has 6 nitrogen and oxygen atoms in total. The van der Waals surface area contributed by atoms with Crippen LogP contribution in [0, 0.1) is 0 Å². The number of rotatable bonds is 3. The maximum Gasteiger partial charge on any atom is 0.485 e. The highest BCUT2D eigenvalue weighted by molar-refractivity contribution is 7.86. The van der Waals surface area contributed by atoms with Crippen LogP contribution >= 0.6 is 0 Å². The van der Waals surface area contributed by atoms with Crippen LogP contribution in [0.1, 0.15) is 0 Å². The molecule has 0 unspecified atom stereocenters. The zero-order chi connectivity index (χ0) is 19.5. The van der Waals surface area contributed by atoms with Crippen LogP contribution in [0.2, 0.25) is 19.6 Å². The van der Waals surface area contributed by atoms with E-state index in [-0.39, 0.29) is 0 Å². The summed E-state index contributed by atoms with van der Waals surface area (Å²) in [5, 5.41) is 0.953. The molecule has 0 radical (unpaired) electrons. The van der Waals surface area contributed by atoms with Gasteiger partial charge in [-0.1, -0.05) is 0 Å². The van der Waals surface area contributed by atoms with E-state index in [2.05, 4.69) is 19.6 Å². The lowest BCUT2D eigenvalue weighted by Crippen LogP contribution is -2.29. The summed E-state index contributed by atoms with van der Waals surface area (Å²) in [6, 6.07) is 7.57. The first-order valence-corrected chi connectivity index (χ1v) is 11.7. The van der Waals surface area contributed by atoms with Crippen molar-refractivity contribution in [2.75, 3.05) is 7.11 Å². The predicted octanol–water partition coefficient (Wildman–Crippen LogP) is 3.99. The molecular formula is C14H17F3O6SSi. The van der Waals surface area contributed by atoms with Gasteiger partial charge in [0.25, 0.3) is 0 Å². The summed E-state index contributed by atoms with van der Waals surface area (Å²) >= 11 is 0. The maximum absolute atomic E-state index is 10.7. The molecule has 11 heteroatoms. The van der Waals surface area contributed by atoms with Gasteiger partial charge in [-0.15, -0.1) is 0 Å². The van der Waals surface area contributed by atoms with Crippen LogP contribution in [-0.2, 0) is 10.1 Å². The molecule has 25 heavy (non-hydrogen) atoms. The van der Waals surface area contributed by atoms with Crippen LogP contribution in [0.15, 0.2) is 34.9 Å². The quantitative estimate of drug-likeness (QED) is 0.336. The zero-order valence-electron chi connectivity index (χ0n) is 13.9. The summed E-state index contributed by atoms with van der Waals surface area (Å²) in [7, 11) is -6.06. The van der Waals surface area contributed by atoms with Gasteiger partial charge in [-0.25, -0.2) is 12.8 Å². The summed E-state index contributed by atoms with van der Waals surface area (Å²) < 4.78 is 75.6. The molecule has 0 aliphatic rings. The molecule has 140 valence electrons. The largest absolute Gasteiger partial charge is 0.741 e. The third-order valence-electron chi connectivity index (χ3n) is 2.57. The van der Waals surface area contributed by atoms with E-state index in [1.54, 1.807) is 13.4 Å². The molecule has 2 aromatic rings. The fourth-order valence-electron chi connectivity index (χ4n) is 1.61. The van der Waals surface area contributed by atoms with E-state index in [0.717, 1.165) is 22.5 Å². The molecule has 0 fully saturated rings. The third-order valence-corrected chi connectivity index (χ3v) is 3.97. The Kier molecular flexibility index (Phi) is 6.42. The number of halogens is 3. The monoisotopic (exact) mass is 398 g/mol. The van der Waals surface area contributed by atoms with Gasteiger partial charge < -0.3 is 13.7 Å². The van der Waals surface area contributed by atoms with Crippen LogP contribution in [0.4, 0.5) is 13.2 Å². The van der Waals surface area contributed by atoms with Crippen molar-refractivity contribution in [3.05, 3.63) is 30.5 Å². The van der Waals surface area contributed by atoms with E-state index in [9.17, 15) is 13.2 Å². The first kappa shape index (κ1) is 21.2. The smallest absolute Gasteiger partial charge is 0.485 e. The number of methoxy groups -OCH3 is 1. The van der Waals surface area contributed by atoms with Crippen molar-refractivity contribution >= 4 is 29.4 Å². The first-order chi connectivity index (χ1) is 11.2. The Morgan fingerprint density at radius 1 is 1.16 bits per heavy atom. The van der Waals surface area contributed by atoms with Crippen LogP contribution in [0.25, 0.3) is 11.0 Å². The molecule has 0 spiro atoms. The minimum atomic E-state index is -6.09. The standard InChI is InChI=1S/C13H17O3Si.CHF3O3S/c1-14-10-5-6-12-11(9-10)13(7-8-15-12)16-17(2,3)4;2-1(3,4)8(5,6)7/h5-9H,1-4H3;(H,5,6,7)/q+1;/p-1. The normalized spacial score (nSPS) is 12.3. The Morgan fingerprint density at radius 3 is 2.16 bits per heavy atom. The van der Waals surface area contributed by atoms with Gasteiger partial charge >= 0.3 is 17.4 Å². The number of benzene rings is 1. The Labute approximate surface area is 144 Å². The lowest BCUT2D eigenvalue weighted by Gasteiger charge is -2.18. The van der Waals surface area contributed by atoms with Gasteiger partial charge in [-0.2, -0.15) is 13.2 Å². The van der Waals surface area contributed by atoms with Crippen molar-refractivity contribution in [3.63, 3.8) is 0 Å². The van der Waals surface area contributed by atoms with E-state index in [1.165, 1.54) is 0 Å². The van der Waals surface area contributed by atoms with Gasteiger partial charge in [-0.05, 0) is 25.7 Å².